The zero-order chi connectivity index (χ0) is 10.3. The Balaban J connectivity index is 2.19. The molecule has 15 heavy (non-hydrogen) atoms. The van der Waals surface area contributed by atoms with E-state index >= 15 is 0 Å². The predicted molar refractivity (Wildman–Crippen MR) is 66.7 cm³/mol. The Morgan fingerprint density at radius 1 is 1.27 bits per heavy atom. The molecule has 3 aromatic rings. The Labute approximate surface area is 96.4 Å². The van der Waals surface area contributed by atoms with Gasteiger partial charge in [0.25, 0.3) is 0 Å². The summed E-state index contributed by atoms with van der Waals surface area (Å²) >= 11 is 5.80. The maximum Gasteiger partial charge on any atom is 0.141 e. The summed E-state index contributed by atoms with van der Waals surface area (Å²) in [5.41, 5.74) is 2.20. The normalized spacial score (nSPS) is 11.0. The number of fused-ring (bicyclic) bond motifs is 1. The first-order valence-electron chi connectivity index (χ1n) is 4.55. The molecule has 0 atom stereocenters. The van der Waals surface area contributed by atoms with Crippen LogP contribution in [0.25, 0.3) is 21.6 Å². The van der Waals surface area contributed by atoms with Crippen molar-refractivity contribution < 1.29 is 0 Å². The molecular formula is C11H8N2S2. The average Bonchev–Trinajstić information content (AvgIpc) is 2.82. The van der Waals surface area contributed by atoms with Crippen molar-refractivity contribution in [2.45, 2.75) is 5.03 Å². The first-order valence-corrected chi connectivity index (χ1v) is 5.88. The van der Waals surface area contributed by atoms with Crippen LogP contribution in [0.1, 0.15) is 0 Å². The molecule has 2 heterocycles. The van der Waals surface area contributed by atoms with Crippen LogP contribution in [0.15, 0.2) is 40.7 Å². The van der Waals surface area contributed by atoms with Crippen molar-refractivity contribution >= 4 is 34.9 Å². The van der Waals surface area contributed by atoms with Gasteiger partial charge in [0.05, 0.1) is 5.69 Å². The fraction of sp³-hybridized carbons (Fsp3) is 0. The third kappa shape index (κ3) is 1.56. The molecule has 3 rings (SSSR count). The van der Waals surface area contributed by atoms with Crippen LogP contribution in [0, 0.1) is 0 Å². The number of H-pyrrole nitrogens is 1. The van der Waals surface area contributed by atoms with E-state index in [4.69, 9.17) is 0 Å². The highest BCUT2D eigenvalue weighted by Crippen LogP contribution is 2.27. The Morgan fingerprint density at radius 3 is 2.87 bits per heavy atom. The van der Waals surface area contributed by atoms with Crippen molar-refractivity contribution in [3.8, 4) is 10.7 Å². The summed E-state index contributed by atoms with van der Waals surface area (Å²) in [7, 11) is 0. The van der Waals surface area contributed by atoms with Crippen LogP contribution < -0.4 is 0 Å². The van der Waals surface area contributed by atoms with Gasteiger partial charge in [-0.15, -0.1) is 24.0 Å². The maximum absolute atomic E-state index is 4.33. The molecule has 0 aliphatic heterocycles. The third-order valence-electron chi connectivity index (χ3n) is 2.25. The molecule has 1 N–H and O–H groups in total. The minimum Gasteiger partial charge on any atom is -0.353 e. The molecule has 0 amide bonds. The lowest BCUT2D eigenvalue weighted by Gasteiger charge is -1.87. The number of thiol groups is 1. The molecule has 0 spiro atoms. The number of hydrogen-bond donors (Lipinski definition) is 2. The standard InChI is InChI=1S/C11H8N2S2/c14-10-6-15-11(13-10)9-5-7-3-1-2-4-8(7)12-9/h1-6,12,14H. The van der Waals surface area contributed by atoms with Gasteiger partial charge in [0.1, 0.15) is 10.0 Å². The fourth-order valence-corrected chi connectivity index (χ4v) is 2.56. The number of aromatic amines is 1. The molecule has 2 nitrogen and oxygen atoms in total. The second-order valence-corrected chi connectivity index (χ2v) is 4.60. The number of aromatic nitrogens is 2. The molecular weight excluding hydrogens is 224 g/mol. The van der Waals surface area contributed by atoms with E-state index in [0.29, 0.717) is 0 Å². The number of hydrogen-bond acceptors (Lipinski definition) is 3. The van der Waals surface area contributed by atoms with E-state index in [0.717, 1.165) is 21.2 Å². The lowest BCUT2D eigenvalue weighted by atomic mass is 10.2. The van der Waals surface area contributed by atoms with Crippen molar-refractivity contribution in [3.63, 3.8) is 0 Å². The predicted octanol–water partition coefficient (Wildman–Crippen LogP) is 3.58. The lowest BCUT2D eigenvalue weighted by molar-refractivity contribution is 1.21. The van der Waals surface area contributed by atoms with E-state index in [1.54, 1.807) is 11.3 Å². The average molecular weight is 232 g/mol. The van der Waals surface area contributed by atoms with Crippen LogP contribution in [-0.2, 0) is 0 Å². The molecule has 0 unspecified atom stereocenters. The van der Waals surface area contributed by atoms with E-state index < -0.39 is 0 Å². The summed E-state index contributed by atoms with van der Waals surface area (Å²) in [6.07, 6.45) is 0. The topological polar surface area (TPSA) is 28.7 Å². The Bertz CT molecular complexity index is 577. The zero-order valence-corrected chi connectivity index (χ0v) is 9.48. The van der Waals surface area contributed by atoms with Gasteiger partial charge in [0.15, 0.2) is 0 Å². The van der Waals surface area contributed by atoms with Gasteiger partial charge in [0.2, 0.25) is 0 Å². The monoisotopic (exact) mass is 232 g/mol. The van der Waals surface area contributed by atoms with Crippen LogP contribution in [0.3, 0.4) is 0 Å². The molecule has 0 aliphatic carbocycles. The second kappa shape index (κ2) is 3.40. The van der Waals surface area contributed by atoms with E-state index in [1.165, 1.54) is 5.39 Å². The first-order chi connectivity index (χ1) is 7.33. The van der Waals surface area contributed by atoms with Crippen LogP contribution in [-0.4, -0.2) is 9.97 Å². The molecule has 0 bridgehead atoms. The zero-order valence-electron chi connectivity index (χ0n) is 7.77. The smallest absolute Gasteiger partial charge is 0.141 e. The molecule has 0 fully saturated rings. The van der Waals surface area contributed by atoms with Crippen LogP contribution in [0.4, 0.5) is 0 Å². The number of nitrogens with one attached hydrogen (secondary N) is 1. The van der Waals surface area contributed by atoms with Crippen LogP contribution in [0.5, 0.6) is 0 Å². The summed E-state index contributed by atoms with van der Waals surface area (Å²) in [6, 6.07) is 10.3. The summed E-state index contributed by atoms with van der Waals surface area (Å²) < 4.78 is 0. The SMILES string of the molecule is Sc1csc(-c2cc3ccccc3[nH]2)n1. The summed E-state index contributed by atoms with van der Waals surface area (Å²) in [5, 5.41) is 4.90. The fourth-order valence-electron chi connectivity index (χ4n) is 1.58. The van der Waals surface area contributed by atoms with Gasteiger partial charge in [-0.1, -0.05) is 18.2 Å². The Hall–Kier alpha value is -1.26. The molecule has 2 aromatic heterocycles. The van der Waals surface area contributed by atoms with Gasteiger partial charge in [0, 0.05) is 16.3 Å². The van der Waals surface area contributed by atoms with E-state index in [1.807, 2.05) is 17.5 Å². The van der Waals surface area contributed by atoms with Gasteiger partial charge < -0.3 is 4.98 Å². The number of nitrogens with zero attached hydrogens (tertiary/aromatic N) is 1. The molecule has 0 aliphatic rings. The minimum atomic E-state index is 0.772. The molecule has 4 heteroatoms. The van der Waals surface area contributed by atoms with Gasteiger partial charge in [-0.05, 0) is 12.1 Å². The number of rotatable bonds is 1. The largest absolute Gasteiger partial charge is 0.353 e. The Kier molecular flexibility index (Phi) is 2.04. The van der Waals surface area contributed by atoms with Gasteiger partial charge in [-0.2, -0.15) is 0 Å². The van der Waals surface area contributed by atoms with Crippen molar-refractivity contribution in [2.24, 2.45) is 0 Å². The van der Waals surface area contributed by atoms with Gasteiger partial charge in [-0.3, -0.25) is 0 Å². The van der Waals surface area contributed by atoms with Crippen molar-refractivity contribution in [3.05, 3.63) is 35.7 Å². The number of thiazole rings is 1. The van der Waals surface area contributed by atoms with Crippen LogP contribution >= 0.6 is 24.0 Å². The van der Waals surface area contributed by atoms with Crippen LogP contribution in [0.2, 0.25) is 0 Å². The van der Waals surface area contributed by atoms with E-state index in [2.05, 4.69) is 40.8 Å². The van der Waals surface area contributed by atoms with Crippen molar-refractivity contribution in [2.75, 3.05) is 0 Å². The summed E-state index contributed by atoms with van der Waals surface area (Å²) in [5.74, 6) is 0. The van der Waals surface area contributed by atoms with E-state index in [9.17, 15) is 0 Å². The third-order valence-corrected chi connectivity index (χ3v) is 3.53. The van der Waals surface area contributed by atoms with Crippen molar-refractivity contribution in [1.82, 2.24) is 9.97 Å². The van der Waals surface area contributed by atoms with E-state index in [-0.39, 0.29) is 0 Å². The van der Waals surface area contributed by atoms with Gasteiger partial charge in [-0.25, -0.2) is 4.98 Å². The Morgan fingerprint density at radius 2 is 2.13 bits per heavy atom. The summed E-state index contributed by atoms with van der Waals surface area (Å²) in [6.45, 7) is 0. The quantitative estimate of drug-likeness (QED) is 0.617. The molecule has 74 valence electrons. The summed E-state index contributed by atoms with van der Waals surface area (Å²) in [4.78, 5) is 7.67. The highest BCUT2D eigenvalue weighted by molar-refractivity contribution is 7.80. The lowest BCUT2D eigenvalue weighted by Crippen LogP contribution is -1.73. The molecule has 0 radical (unpaired) electrons. The maximum atomic E-state index is 4.33. The first kappa shape index (κ1) is 9.00. The number of para-hydroxylation sites is 1. The molecule has 0 saturated carbocycles. The van der Waals surface area contributed by atoms with Gasteiger partial charge >= 0.3 is 0 Å². The highest BCUT2D eigenvalue weighted by atomic mass is 32.1. The second-order valence-electron chi connectivity index (χ2n) is 3.28. The van der Waals surface area contributed by atoms with Crippen molar-refractivity contribution in [1.29, 1.82) is 0 Å². The minimum absolute atomic E-state index is 0.772. The highest BCUT2D eigenvalue weighted by Gasteiger charge is 2.05. The number of benzene rings is 1. The molecule has 1 aromatic carbocycles. The molecule has 0 saturated heterocycles.